The fourth-order valence-electron chi connectivity index (χ4n) is 2.82. The average molecular weight is 375 g/mol. The Morgan fingerprint density at radius 2 is 2.23 bits per heavy atom. The van der Waals surface area contributed by atoms with Crippen LogP contribution < -0.4 is 10.6 Å². The maximum atomic E-state index is 12.0. The van der Waals surface area contributed by atoms with E-state index in [0.717, 1.165) is 49.1 Å². The fourth-order valence-corrected chi connectivity index (χ4v) is 3.48. The monoisotopic (exact) mass is 374 g/mol. The van der Waals surface area contributed by atoms with E-state index in [1.54, 1.807) is 0 Å². The van der Waals surface area contributed by atoms with Crippen LogP contribution in [-0.2, 0) is 9.53 Å². The van der Waals surface area contributed by atoms with Crippen LogP contribution in [0.25, 0.3) is 10.9 Å². The molecular weight excluding hydrogens is 348 g/mol. The lowest BCUT2D eigenvalue weighted by atomic mass is 10.2. The standard InChI is InChI=1S/C19H26N4O2S/c1-3-13(2)21-17(24)12-26-19-22-16-9-5-4-8-15(16)18(23-19)20-11-14-7-6-10-25-14/h4-5,8-9,13-14H,3,6-7,10-12H2,1-2H3,(H,21,24)(H,20,22,23)/t13-,14+/m1/s1. The molecular formula is C19H26N4O2S. The summed E-state index contributed by atoms with van der Waals surface area (Å²) in [7, 11) is 0. The summed E-state index contributed by atoms with van der Waals surface area (Å²) < 4.78 is 5.68. The number of carbonyl (C=O) groups is 1. The first-order valence-corrected chi connectivity index (χ1v) is 10.2. The molecule has 1 aromatic carbocycles. The van der Waals surface area contributed by atoms with E-state index in [0.29, 0.717) is 10.9 Å². The van der Waals surface area contributed by atoms with Gasteiger partial charge in [-0.05, 0) is 38.3 Å². The minimum atomic E-state index is 0.00923. The number of aromatic nitrogens is 2. The number of amides is 1. The lowest BCUT2D eigenvalue weighted by Crippen LogP contribution is -2.33. The molecule has 3 rings (SSSR count). The van der Waals surface area contributed by atoms with E-state index in [1.165, 1.54) is 11.8 Å². The van der Waals surface area contributed by atoms with Gasteiger partial charge in [0.25, 0.3) is 0 Å². The van der Waals surface area contributed by atoms with Crippen molar-refractivity contribution in [2.75, 3.05) is 24.2 Å². The lowest BCUT2D eigenvalue weighted by Gasteiger charge is -2.14. The quantitative estimate of drug-likeness (QED) is 0.546. The van der Waals surface area contributed by atoms with Gasteiger partial charge in [0.15, 0.2) is 5.16 Å². The number of ether oxygens (including phenoxy) is 1. The zero-order valence-electron chi connectivity index (χ0n) is 15.3. The Morgan fingerprint density at radius 3 is 3.00 bits per heavy atom. The number of thioether (sulfide) groups is 1. The molecule has 1 saturated heterocycles. The van der Waals surface area contributed by atoms with Gasteiger partial charge in [0.05, 0.1) is 17.4 Å². The summed E-state index contributed by atoms with van der Waals surface area (Å²) in [5, 5.41) is 7.97. The number of hydrogen-bond donors (Lipinski definition) is 2. The fraction of sp³-hybridized carbons (Fsp3) is 0.526. The molecule has 1 aliphatic rings. The summed E-state index contributed by atoms with van der Waals surface area (Å²) in [6.45, 7) is 5.63. The van der Waals surface area contributed by atoms with Gasteiger partial charge in [-0.2, -0.15) is 0 Å². The number of fused-ring (bicyclic) bond motifs is 1. The van der Waals surface area contributed by atoms with E-state index >= 15 is 0 Å². The third kappa shape index (κ3) is 5.08. The Kier molecular flexibility index (Phi) is 6.68. The number of benzene rings is 1. The Balaban J connectivity index is 1.70. The molecule has 0 unspecified atom stereocenters. The van der Waals surface area contributed by atoms with E-state index in [2.05, 4.69) is 27.5 Å². The van der Waals surface area contributed by atoms with Gasteiger partial charge in [-0.1, -0.05) is 30.8 Å². The van der Waals surface area contributed by atoms with Gasteiger partial charge >= 0.3 is 0 Å². The van der Waals surface area contributed by atoms with Crippen molar-refractivity contribution in [2.24, 2.45) is 0 Å². The van der Waals surface area contributed by atoms with E-state index in [-0.39, 0.29) is 18.1 Å². The van der Waals surface area contributed by atoms with Crippen LogP contribution in [-0.4, -0.2) is 46.9 Å². The van der Waals surface area contributed by atoms with Crippen molar-refractivity contribution >= 4 is 34.4 Å². The Labute approximate surface area is 158 Å². The summed E-state index contributed by atoms with van der Waals surface area (Å²) >= 11 is 1.36. The number of nitrogens with one attached hydrogen (secondary N) is 2. The third-order valence-electron chi connectivity index (χ3n) is 4.46. The molecule has 2 heterocycles. The maximum Gasteiger partial charge on any atom is 0.230 e. The first kappa shape index (κ1) is 18.9. The highest BCUT2D eigenvalue weighted by atomic mass is 32.2. The second kappa shape index (κ2) is 9.19. The first-order chi connectivity index (χ1) is 12.7. The molecule has 2 aromatic rings. The molecule has 2 atom stereocenters. The van der Waals surface area contributed by atoms with E-state index < -0.39 is 0 Å². The lowest BCUT2D eigenvalue weighted by molar-refractivity contribution is -0.119. The highest BCUT2D eigenvalue weighted by molar-refractivity contribution is 7.99. The zero-order valence-corrected chi connectivity index (χ0v) is 16.1. The molecule has 1 fully saturated rings. The topological polar surface area (TPSA) is 76.1 Å². The minimum absolute atomic E-state index is 0.00923. The molecule has 2 N–H and O–H groups in total. The minimum Gasteiger partial charge on any atom is -0.376 e. The molecule has 140 valence electrons. The Morgan fingerprint density at radius 1 is 1.38 bits per heavy atom. The van der Waals surface area contributed by atoms with Crippen LogP contribution in [0.1, 0.15) is 33.1 Å². The van der Waals surface area contributed by atoms with Crippen LogP contribution in [0.2, 0.25) is 0 Å². The summed E-state index contributed by atoms with van der Waals surface area (Å²) in [5.74, 6) is 1.12. The number of rotatable bonds is 8. The number of nitrogens with zero attached hydrogens (tertiary/aromatic N) is 2. The van der Waals surface area contributed by atoms with Gasteiger partial charge in [0, 0.05) is 24.6 Å². The normalized spacial score (nSPS) is 18.0. The van der Waals surface area contributed by atoms with Gasteiger partial charge < -0.3 is 15.4 Å². The number of carbonyl (C=O) groups excluding carboxylic acids is 1. The molecule has 0 radical (unpaired) electrons. The SMILES string of the molecule is CC[C@@H](C)NC(=O)CSc1nc(NC[C@@H]2CCCO2)c2ccccc2n1. The molecule has 0 bridgehead atoms. The van der Waals surface area contributed by atoms with E-state index in [1.807, 2.05) is 31.2 Å². The average Bonchev–Trinajstić information content (AvgIpc) is 3.18. The van der Waals surface area contributed by atoms with Gasteiger partial charge in [-0.25, -0.2) is 9.97 Å². The predicted molar refractivity (Wildman–Crippen MR) is 106 cm³/mol. The number of para-hydroxylation sites is 1. The smallest absolute Gasteiger partial charge is 0.230 e. The van der Waals surface area contributed by atoms with Gasteiger partial charge in [0.2, 0.25) is 5.91 Å². The molecule has 7 heteroatoms. The summed E-state index contributed by atoms with van der Waals surface area (Å²) in [5.41, 5.74) is 0.877. The molecule has 0 aliphatic carbocycles. The van der Waals surface area contributed by atoms with Crippen LogP contribution in [0.3, 0.4) is 0 Å². The zero-order chi connectivity index (χ0) is 18.4. The second-order valence-electron chi connectivity index (χ2n) is 6.55. The van der Waals surface area contributed by atoms with Crippen LogP contribution in [0.4, 0.5) is 5.82 Å². The highest BCUT2D eigenvalue weighted by Crippen LogP contribution is 2.25. The van der Waals surface area contributed by atoms with Crippen molar-refractivity contribution in [1.29, 1.82) is 0 Å². The molecule has 6 nitrogen and oxygen atoms in total. The number of anilines is 1. The molecule has 1 aliphatic heterocycles. The Hall–Kier alpha value is -1.86. The second-order valence-corrected chi connectivity index (χ2v) is 7.50. The summed E-state index contributed by atoms with van der Waals surface area (Å²) in [6, 6.07) is 8.11. The van der Waals surface area contributed by atoms with E-state index in [9.17, 15) is 4.79 Å². The largest absolute Gasteiger partial charge is 0.376 e. The van der Waals surface area contributed by atoms with Gasteiger partial charge in [-0.3, -0.25) is 4.79 Å². The van der Waals surface area contributed by atoms with Crippen LogP contribution in [0.5, 0.6) is 0 Å². The molecule has 0 saturated carbocycles. The molecule has 0 spiro atoms. The van der Waals surface area contributed by atoms with E-state index in [4.69, 9.17) is 4.74 Å². The van der Waals surface area contributed by atoms with Crippen molar-refractivity contribution in [3.8, 4) is 0 Å². The van der Waals surface area contributed by atoms with Crippen LogP contribution in [0, 0.1) is 0 Å². The Bertz CT molecular complexity index is 749. The summed E-state index contributed by atoms with van der Waals surface area (Å²) in [4.78, 5) is 21.2. The van der Waals surface area contributed by atoms with Crippen LogP contribution in [0.15, 0.2) is 29.4 Å². The molecule has 1 aromatic heterocycles. The van der Waals surface area contributed by atoms with Crippen LogP contribution >= 0.6 is 11.8 Å². The van der Waals surface area contributed by atoms with Crippen molar-refractivity contribution in [3.05, 3.63) is 24.3 Å². The highest BCUT2D eigenvalue weighted by Gasteiger charge is 2.16. The van der Waals surface area contributed by atoms with Crippen molar-refractivity contribution in [3.63, 3.8) is 0 Å². The van der Waals surface area contributed by atoms with Crippen molar-refractivity contribution in [1.82, 2.24) is 15.3 Å². The third-order valence-corrected chi connectivity index (χ3v) is 5.30. The first-order valence-electron chi connectivity index (χ1n) is 9.20. The van der Waals surface area contributed by atoms with Gasteiger partial charge in [0.1, 0.15) is 5.82 Å². The number of hydrogen-bond acceptors (Lipinski definition) is 6. The maximum absolute atomic E-state index is 12.0. The molecule has 26 heavy (non-hydrogen) atoms. The predicted octanol–water partition coefficient (Wildman–Crippen LogP) is 3.23. The summed E-state index contributed by atoms with van der Waals surface area (Å²) in [6.07, 6.45) is 3.35. The van der Waals surface area contributed by atoms with Gasteiger partial charge in [-0.15, -0.1) is 0 Å². The molecule has 1 amide bonds. The van der Waals surface area contributed by atoms with Crippen molar-refractivity contribution in [2.45, 2.75) is 50.4 Å². The van der Waals surface area contributed by atoms with Crippen molar-refractivity contribution < 1.29 is 9.53 Å².